The maximum Gasteiger partial charge on any atom is 0.306 e. The van der Waals surface area contributed by atoms with Crippen LogP contribution >= 0.6 is 0 Å². The molecule has 25 heteroatoms. The second kappa shape index (κ2) is 38.4. The number of ether oxygens (including phenoxy) is 1. The summed E-state index contributed by atoms with van der Waals surface area (Å²) in [7, 11) is 9.81. The van der Waals surface area contributed by atoms with E-state index in [4.69, 9.17) is 4.74 Å². The fraction of sp³-hybridized carbons (Fsp3) is 0.788. The molecule has 1 fully saturated rings. The Morgan fingerprint density at radius 2 is 0.934 bits per heavy atom. The fourth-order valence-electron chi connectivity index (χ4n) is 11.2. The van der Waals surface area contributed by atoms with E-state index in [1.807, 2.05) is 55.4 Å². The molecule has 25 nitrogen and oxygen atoms in total. The molecule has 91 heavy (non-hydrogen) atoms. The zero-order chi connectivity index (χ0) is 70.4. The number of likely N-dealkylation sites (N-methyl/N-ethyl adjacent to an activating group) is 7. The number of esters is 1. The summed E-state index contributed by atoms with van der Waals surface area (Å²) in [6.45, 7) is 29.2. The van der Waals surface area contributed by atoms with Crippen LogP contribution in [-0.2, 0) is 62.3 Å². The van der Waals surface area contributed by atoms with Crippen molar-refractivity contribution in [2.75, 3.05) is 62.5 Å². The zero-order valence-electron chi connectivity index (χ0n) is 59.5. The zero-order valence-corrected chi connectivity index (χ0v) is 59.5. The van der Waals surface area contributed by atoms with Crippen molar-refractivity contribution in [3.63, 3.8) is 0 Å². The first-order valence-corrected chi connectivity index (χ1v) is 32.7. The first kappa shape index (κ1) is 82.4. The van der Waals surface area contributed by atoms with Crippen molar-refractivity contribution in [1.82, 2.24) is 55.6 Å². The van der Waals surface area contributed by atoms with Crippen LogP contribution in [0.3, 0.4) is 0 Å². The smallest absolute Gasteiger partial charge is 0.306 e. The van der Waals surface area contributed by atoms with Crippen molar-refractivity contribution < 1.29 is 67.4 Å². The summed E-state index contributed by atoms with van der Waals surface area (Å²) in [6.07, 6.45) is 3.03. The topological polar surface area (TPSA) is 305 Å². The molecular formula is C66H117N11O14. The van der Waals surface area contributed by atoms with Gasteiger partial charge in [-0.05, 0) is 107 Å². The van der Waals surface area contributed by atoms with Gasteiger partial charge in [0.1, 0.15) is 60.4 Å². The highest BCUT2D eigenvalue weighted by atomic mass is 16.5. The lowest BCUT2D eigenvalue weighted by Crippen LogP contribution is -2.63. The standard InChI is InChI=1S/C66H117N11O14/c1-25-46-62(86)71(18)36-51(78)72(19)47(32-37(3)4)59(83)70-53(41(11)12)65(89)73(20)48(33-38(5)6)58(82)67-44(16)57(81)68-45(17)61(85)74(21)49(34-39(7)8)63(87)75(22)50(35-40(9)10)64(88)76(23)54(42(13)14)66(90)77(24)55(60(84)69-46)56(80)43(15)30-28-27-29-31-52(79)91-26-2/h27-28,37-50,53-56,80H,25-26,29-36H2,1-24H3,(H,67,82)(H,68,81)(H,69,84)(H,70,83)/b28-27+. The molecule has 1 saturated heterocycles. The number of carbonyl (C=O) groups excluding carboxylic acids is 12. The Morgan fingerprint density at radius 3 is 1.41 bits per heavy atom. The predicted molar refractivity (Wildman–Crippen MR) is 349 cm³/mol. The van der Waals surface area contributed by atoms with Crippen LogP contribution in [0.4, 0.5) is 0 Å². The van der Waals surface area contributed by atoms with Gasteiger partial charge in [0.25, 0.3) is 0 Å². The van der Waals surface area contributed by atoms with Crippen molar-refractivity contribution in [2.45, 2.75) is 236 Å². The number of rotatable bonds is 19. The summed E-state index contributed by atoms with van der Waals surface area (Å²) < 4.78 is 5.03. The summed E-state index contributed by atoms with van der Waals surface area (Å²) in [4.78, 5) is 181. The number of nitrogens with one attached hydrogen (secondary N) is 4. The number of aliphatic hydroxyl groups excluding tert-OH is 1. The summed E-state index contributed by atoms with van der Waals surface area (Å²) in [5, 5.41) is 23.3. The van der Waals surface area contributed by atoms with Gasteiger partial charge in [-0.25, -0.2) is 0 Å². The molecule has 12 unspecified atom stereocenters. The highest BCUT2D eigenvalue weighted by Gasteiger charge is 2.46. The third-order valence-electron chi connectivity index (χ3n) is 16.8. The van der Waals surface area contributed by atoms with E-state index in [1.54, 1.807) is 60.6 Å². The number of hydrogen-bond acceptors (Lipinski definition) is 14. The van der Waals surface area contributed by atoms with E-state index in [2.05, 4.69) is 21.3 Å². The first-order chi connectivity index (χ1) is 42.1. The van der Waals surface area contributed by atoms with Crippen molar-refractivity contribution in [2.24, 2.45) is 41.4 Å². The molecule has 0 aromatic rings. The van der Waals surface area contributed by atoms with Gasteiger partial charge >= 0.3 is 5.97 Å². The molecule has 0 aromatic heterocycles. The molecule has 0 saturated carbocycles. The Kier molecular flexibility index (Phi) is 34.7. The lowest BCUT2D eigenvalue weighted by molar-refractivity contribution is -0.157. The van der Waals surface area contributed by atoms with Crippen molar-refractivity contribution in [3.8, 4) is 0 Å². The monoisotopic (exact) mass is 1290 g/mol. The molecule has 1 aliphatic heterocycles. The molecule has 12 atom stereocenters. The van der Waals surface area contributed by atoms with E-state index in [0.29, 0.717) is 6.42 Å². The van der Waals surface area contributed by atoms with Crippen LogP contribution < -0.4 is 21.3 Å². The third kappa shape index (κ3) is 24.4. The average Bonchev–Trinajstić information content (AvgIpc) is 0.993. The van der Waals surface area contributed by atoms with Gasteiger partial charge in [0, 0.05) is 55.8 Å². The fourth-order valence-corrected chi connectivity index (χ4v) is 11.2. The summed E-state index contributed by atoms with van der Waals surface area (Å²) in [5.41, 5.74) is 0. The highest BCUT2D eigenvalue weighted by Crippen LogP contribution is 2.26. The second-order valence-electron chi connectivity index (χ2n) is 27.3. The maximum atomic E-state index is 15.3. The highest BCUT2D eigenvalue weighted by molar-refractivity contribution is 5.99. The molecule has 0 spiro atoms. The number of allylic oxidation sites excluding steroid dienone is 2. The summed E-state index contributed by atoms with van der Waals surface area (Å²) in [5.74, 6) is -10.6. The Hall–Kier alpha value is -6.66. The Balaban J connectivity index is 4.35. The first-order valence-electron chi connectivity index (χ1n) is 32.7. The average molecular weight is 1290 g/mol. The van der Waals surface area contributed by atoms with Crippen LogP contribution in [0.5, 0.6) is 0 Å². The van der Waals surface area contributed by atoms with Crippen LogP contribution in [0.25, 0.3) is 0 Å². The molecule has 0 aliphatic carbocycles. The van der Waals surface area contributed by atoms with Gasteiger partial charge in [0.15, 0.2) is 0 Å². The van der Waals surface area contributed by atoms with Gasteiger partial charge in [-0.1, -0.05) is 109 Å². The minimum atomic E-state index is -1.69. The van der Waals surface area contributed by atoms with E-state index in [-0.39, 0.29) is 81.2 Å². The van der Waals surface area contributed by atoms with E-state index in [9.17, 15) is 48.3 Å². The number of hydrogen-bond donors (Lipinski definition) is 5. The predicted octanol–water partition coefficient (Wildman–Crippen LogP) is 3.59. The minimum absolute atomic E-state index is 0.0142. The van der Waals surface area contributed by atoms with Crippen LogP contribution in [0.15, 0.2) is 12.2 Å². The quantitative estimate of drug-likeness (QED) is 0.0913. The molecule has 0 radical (unpaired) electrons. The lowest BCUT2D eigenvalue weighted by Gasteiger charge is -2.41. The molecule has 1 rings (SSSR count). The van der Waals surface area contributed by atoms with Crippen molar-refractivity contribution in [3.05, 3.63) is 12.2 Å². The molecule has 1 aliphatic rings. The molecular weight excluding hydrogens is 1170 g/mol. The van der Waals surface area contributed by atoms with Gasteiger partial charge in [-0.3, -0.25) is 57.5 Å². The third-order valence-corrected chi connectivity index (χ3v) is 16.8. The Labute approximate surface area is 543 Å². The minimum Gasteiger partial charge on any atom is -0.466 e. The van der Waals surface area contributed by atoms with E-state index in [1.165, 1.54) is 87.7 Å². The van der Waals surface area contributed by atoms with Crippen LogP contribution in [0.1, 0.15) is 169 Å². The van der Waals surface area contributed by atoms with Gasteiger partial charge in [-0.2, -0.15) is 0 Å². The van der Waals surface area contributed by atoms with E-state index < -0.39 is 156 Å². The number of carbonyl (C=O) groups is 12. The van der Waals surface area contributed by atoms with Crippen LogP contribution in [-0.4, -0.2) is 239 Å². The molecule has 0 bridgehead atoms. The van der Waals surface area contributed by atoms with Crippen LogP contribution in [0, 0.1) is 41.4 Å². The SMILES string of the molecule is CCOC(=O)CC/C=C/CC(C)C(O)C1C(=O)NC(CC)C(=O)N(C)CC(=O)N(C)C(CC(C)C)C(=O)NC(C(C)C)C(=O)N(C)C(CC(C)C)C(=O)NC(C)C(=O)NC(C)C(=O)N(C)C(CC(C)C)C(=O)N(C)C(CC(C)C)C(=O)N(C)C(C(C)C)C(=O)N1C. The second-order valence-corrected chi connectivity index (χ2v) is 27.3. The van der Waals surface area contributed by atoms with Gasteiger partial charge in [0.05, 0.1) is 19.3 Å². The normalized spacial score (nSPS) is 25.8. The van der Waals surface area contributed by atoms with Gasteiger partial charge < -0.3 is 65.4 Å². The Morgan fingerprint density at radius 1 is 0.495 bits per heavy atom. The molecule has 1 heterocycles. The van der Waals surface area contributed by atoms with Crippen molar-refractivity contribution in [1.29, 1.82) is 0 Å². The van der Waals surface area contributed by atoms with E-state index >= 15 is 14.4 Å². The van der Waals surface area contributed by atoms with Gasteiger partial charge in [0.2, 0.25) is 65.0 Å². The molecule has 520 valence electrons. The summed E-state index contributed by atoms with van der Waals surface area (Å²) >= 11 is 0. The maximum absolute atomic E-state index is 15.3. The largest absolute Gasteiger partial charge is 0.466 e. The summed E-state index contributed by atoms with van der Waals surface area (Å²) in [6, 6.07) is -12.6. The Bertz CT molecular complexity index is 2500. The molecule has 11 amide bonds. The number of aliphatic hydroxyl groups is 1. The van der Waals surface area contributed by atoms with Crippen molar-refractivity contribution >= 4 is 70.9 Å². The van der Waals surface area contributed by atoms with Crippen LogP contribution in [0.2, 0.25) is 0 Å². The number of amides is 11. The molecule has 5 N–H and O–H groups in total. The molecule has 0 aromatic carbocycles. The lowest BCUT2D eigenvalue weighted by atomic mass is 9.91. The number of nitrogens with zero attached hydrogens (tertiary/aromatic N) is 7. The van der Waals surface area contributed by atoms with E-state index in [0.717, 1.165) is 9.80 Å². The van der Waals surface area contributed by atoms with Gasteiger partial charge in [-0.15, -0.1) is 0 Å².